The van der Waals surface area contributed by atoms with E-state index in [1.807, 2.05) is 0 Å². The van der Waals surface area contributed by atoms with Crippen molar-refractivity contribution in [1.82, 2.24) is 0 Å². The third-order valence-corrected chi connectivity index (χ3v) is 3.90. The second-order valence-corrected chi connectivity index (χ2v) is 4.96. The van der Waals surface area contributed by atoms with E-state index in [4.69, 9.17) is 0 Å². The van der Waals surface area contributed by atoms with E-state index in [2.05, 4.69) is 17.5 Å². The number of allylic oxidation sites excluding steroid dienone is 2. The van der Waals surface area contributed by atoms with Crippen LogP contribution >= 0.6 is 11.3 Å². The van der Waals surface area contributed by atoms with Gasteiger partial charge in [0.25, 0.3) is 0 Å². The van der Waals surface area contributed by atoms with E-state index in [0.717, 1.165) is 24.7 Å². The van der Waals surface area contributed by atoms with Crippen molar-refractivity contribution in [1.29, 1.82) is 0 Å². The molecule has 0 bridgehead atoms. The molecule has 0 fully saturated rings. The monoisotopic (exact) mass is 220 g/mol. The van der Waals surface area contributed by atoms with Crippen molar-refractivity contribution in [3.63, 3.8) is 0 Å². The molecule has 80 valence electrons. The SMILES string of the molecule is O=C/C1=C(\c2cccs2)CCCCCC1. The van der Waals surface area contributed by atoms with Crippen LogP contribution in [0, 0.1) is 0 Å². The highest BCUT2D eigenvalue weighted by Gasteiger charge is 2.12. The van der Waals surface area contributed by atoms with Crippen LogP contribution in [0.25, 0.3) is 5.57 Å². The molecule has 1 aromatic heterocycles. The van der Waals surface area contributed by atoms with E-state index < -0.39 is 0 Å². The van der Waals surface area contributed by atoms with Gasteiger partial charge in [-0.2, -0.15) is 0 Å². The molecule has 1 nitrogen and oxygen atoms in total. The van der Waals surface area contributed by atoms with Gasteiger partial charge in [0, 0.05) is 4.88 Å². The largest absolute Gasteiger partial charge is 0.298 e. The first-order chi connectivity index (χ1) is 7.42. The Kier molecular flexibility index (Phi) is 3.73. The predicted molar refractivity (Wildman–Crippen MR) is 65.0 cm³/mol. The van der Waals surface area contributed by atoms with Gasteiger partial charge in [-0.05, 0) is 48.3 Å². The van der Waals surface area contributed by atoms with Gasteiger partial charge >= 0.3 is 0 Å². The van der Waals surface area contributed by atoms with Crippen LogP contribution in [0.5, 0.6) is 0 Å². The molecule has 1 heterocycles. The van der Waals surface area contributed by atoms with Crippen molar-refractivity contribution in [2.24, 2.45) is 0 Å². The highest BCUT2D eigenvalue weighted by atomic mass is 32.1. The fourth-order valence-electron chi connectivity index (χ4n) is 2.14. The lowest BCUT2D eigenvalue weighted by Gasteiger charge is -2.13. The molecule has 1 aromatic rings. The standard InChI is InChI=1S/C13H16OS/c14-10-11-6-3-1-2-4-7-12(11)13-8-5-9-15-13/h5,8-10H,1-4,6-7H2/b12-11-. The maximum Gasteiger partial charge on any atom is 0.146 e. The molecule has 0 atom stereocenters. The van der Waals surface area contributed by atoms with Crippen LogP contribution in [-0.4, -0.2) is 6.29 Å². The van der Waals surface area contributed by atoms with Gasteiger partial charge in [-0.3, -0.25) is 4.79 Å². The number of hydrogen-bond donors (Lipinski definition) is 0. The average Bonchev–Trinajstić information content (AvgIpc) is 2.71. The molecule has 0 amide bonds. The fraction of sp³-hybridized carbons (Fsp3) is 0.462. The van der Waals surface area contributed by atoms with Crippen molar-refractivity contribution < 1.29 is 4.79 Å². The number of aldehydes is 1. The molecule has 0 saturated carbocycles. The maximum absolute atomic E-state index is 11.1. The average molecular weight is 220 g/mol. The van der Waals surface area contributed by atoms with Gasteiger partial charge in [0.1, 0.15) is 6.29 Å². The van der Waals surface area contributed by atoms with E-state index in [1.54, 1.807) is 11.3 Å². The lowest BCUT2D eigenvalue weighted by Crippen LogP contribution is -1.97. The first kappa shape index (κ1) is 10.6. The van der Waals surface area contributed by atoms with Crippen molar-refractivity contribution in [2.75, 3.05) is 0 Å². The Hall–Kier alpha value is -0.890. The Morgan fingerprint density at radius 2 is 1.93 bits per heavy atom. The van der Waals surface area contributed by atoms with Crippen LogP contribution in [0.2, 0.25) is 0 Å². The summed E-state index contributed by atoms with van der Waals surface area (Å²) >= 11 is 1.75. The molecule has 0 radical (unpaired) electrons. The van der Waals surface area contributed by atoms with E-state index in [9.17, 15) is 4.79 Å². The summed E-state index contributed by atoms with van der Waals surface area (Å²) in [5.74, 6) is 0. The highest BCUT2D eigenvalue weighted by molar-refractivity contribution is 7.11. The summed E-state index contributed by atoms with van der Waals surface area (Å²) in [6.07, 6.45) is 8.09. The lowest BCUT2D eigenvalue weighted by atomic mass is 9.93. The predicted octanol–water partition coefficient (Wildman–Crippen LogP) is 4.05. The summed E-state index contributed by atoms with van der Waals surface area (Å²) in [5, 5.41) is 2.09. The van der Waals surface area contributed by atoms with Gasteiger partial charge in [-0.15, -0.1) is 11.3 Å². The first-order valence-electron chi connectivity index (χ1n) is 5.63. The molecule has 0 aliphatic heterocycles. The number of rotatable bonds is 2. The molecule has 0 aromatic carbocycles. The summed E-state index contributed by atoms with van der Waals surface area (Å²) in [4.78, 5) is 12.4. The fourth-order valence-corrected chi connectivity index (χ4v) is 2.98. The van der Waals surface area contributed by atoms with Gasteiger partial charge in [0.05, 0.1) is 0 Å². The van der Waals surface area contributed by atoms with Crippen molar-refractivity contribution >= 4 is 23.2 Å². The third-order valence-electron chi connectivity index (χ3n) is 2.97. The highest BCUT2D eigenvalue weighted by Crippen LogP contribution is 2.31. The summed E-state index contributed by atoms with van der Waals surface area (Å²) in [7, 11) is 0. The molecule has 2 heteroatoms. The van der Waals surface area contributed by atoms with E-state index >= 15 is 0 Å². The zero-order valence-corrected chi connectivity index (χ0v) is 9.69. The normalized spacial score (nSPS) is 23.2. The minimum atomic E-state index is 0.969. The van der Waals surface area contributed by atoms with Gasteiger partial charge in [-0.1, -0.05) is 18.9 Å². The van der Waals surface area contributed by atoms with Crippen molar-refractivity contribution in [3.8, 4) is 0 Å². The van der Waals surface area contributed by atoms with Gasteiger partial charge < -0.3 is 0 Å². The van der Waals surface area contributed by atoms with Crippen LogP contribution in [0.3, 0.4) is 0 Å². The van der Waals surface area contributed by atoms with Gasteiger partial charge in [-0.25, -0.2) is 0 Å². The first-order valence-corrected chi connectivity index (χ1v) is 6.51. The van der Waals surface area contributed by atoms with Crippen molar-refractivity contribution in [2.45, 2.75) is 38.5 Å². The van der Waals surface area contributed by atoms with Crippen LogP contribution in [0.15, 0.2) is 23.1 Å². The molecule has 0 saturated heterocycles. The van der Waals surface area contributed by atoms with E-state index in [-0.39, 0.29) is 0 Å². The van der Waals surface area contributed by atoms with Gasteiger partial charge in [0.15, 0.2) is 0 Å². The molecule has 0 spiro atoms. The molecule has 0 unspecified atom stereocenters. The van der Waals surface area contributed by atoms with Gasteiger partial charge in [0.2, 0.25) is 0 Å². The minimum Gasteiger partial charge on any atom is -0.298 e. The Balaban J connectivity index is 2.32. The van der Waals surface area contributed by atoms with Crippen molar-refractivity contribution in [3.05, 3.63) is 28.0 Å². The lowest BCUT2D eigenvalue weighted by molar-refractivity contribution is -0.105. The number of hydrogen-bond acceptors (Lipinski definition) is 2. The Labute approximate surface area is 94.8 Å². The van der Waals surface area contributed by atoms with Crippen LogP contribution in [0.4, 0.5) is 0 Å². The van der Waals surface area contributed by atoms with E-state index in [0.29, 0.717) is 0 Å². The minimum absolute atomic E-state index is 0.969. The van der Waals surface area contributed by atoms with Crippen LogP contribution in [0.1, 0.15) is 43.4 Å². The van der Waals surface area contributed by atoms with Crippen LogP contribution < -0.4 is 0 Å². The molecule has 15 heavy (non-hydrogen) atoms. The zero-order chi connectivity index (χ0) is 10.5. The molecular formula is C13H16OS. The second kappa shape index (κ2) is 5.26. The molecule has 2 rings (SSSR count). The summed E-state index contributed by atoms with van der Waals surface area (Å²) in [5.41, 5.74) is 2.34. The number of carbonyl (C=O) groups is 1. The zero-order valence-electron chi connectivity index (χ0n) is 8.87. The Bertz CT molecular complexity index is 349. The summed E-state index contributed by atoms with van der Waals surface area (Å²) < 4.78 is 0. The smallest absolute Gasteiger partial charge is 0.146 e. The maximum atomic E-state index is 11.1. The van der Waals surface area contributed by atoms with Crippen LogP contribution in [-0.2, 0) is 4.79 Å². The third kappa shape index (κ3) is 2.57. The quantitative estimate of drug-likeness (QED) is 0.687. The van der Waals surface area contributed by atoms with E-state index in [1.165, 1.54) is 36.1 Å². The summed E-state index contributed by atoms with van der Waals surface area (Å²) in [6.45, 7) is 0. The summed E-state index contributed by atoms with van der Waals surface area (Å²) in [6, 6.07) is 4.19. The molecule has 1 aliphatic rings. The Morgan fingerprint density at radius 3 is 2.60 bits per heavy atom. The molecular weight excluding hydrogens is 204 g/mol. The Morgan fingerprint density at radius 1 is 1.13 bits per heavy atom. The topological polar surface area (TPSA) is 17.1 Å². The molecule has 0 N–H and O–H groups in total. The number of carbonyl (C=O) groups excluding carboxylic acids is 1. The number of thiophene rings is 1. The second-order valence-electron chi connectivity index (χ2n) is 4.01. The molecule has 1 aliphatic carbocycles.